The molecule has 2 nitrogen and oxygen atoms in total. The molecule has 1 N–H and O–H groups in total. The van der Waals surface area contributed by atoms with Crippen LogP contribution in [0.2, 0.25) is 0 Å². The molecule has 1 radical (unpaired) electrons. The highest BCUT2D eigenvalue weighted by Gasteiger charge is 2.01. The van der Waals surface area contributed by atoms with Crippen LogP contribution in [-0.4, -0.2) is 17.5 Å². The maximum Gasteiger partial charge on any atom is 0.136 e. The van der Waals surface area contributed by atoms with E-state index >= 15 is 0 Å². The van der Waals surface area contributed by atoms with Crippen molar-refractivity contribution < 1.29 is 9.90 Å². The van der Waals surface area contributed by atoms with Crippen molar-refractivity contribution in [2.24, 2.45) is 0 Å². The van der Waals surface area contributed by atoms with Crippen LogP contribution in [0.1, 0.15) is 77.6 Å². The zero-order valence-electron chi connectivity index (χ0n) is 11.4. The number of hydrogen-bond donors (Lipinski definition) is 1. The molecule has 0 saturated heterocycles. The van der Waals surface area contributed by atoms with Crippen LogP contribution in [0.3, 0.4) is 0 Å². The van der Waals surface area contributed by atoms with Gasteiger partial charge in [0.05, 0.1) is 0 Å². The number of aliphatic hydroxyl groups excluding tert-OH is 1. The molecule has 0 aliphatic rings. The maximum atomic E-state index is 11.4. The average Bonchev–Trinajstić information content (AvgIpc) is 2.33. The van der Waals surface area contributed by atoms with E-state index in [1.807, 2.05) is 6.42 Å². The molecule has 0 atom stereocenters. The van der Waals surface area contributed by atoms with Gasteiger partial charge in [0.1, 0.15) is 5.78 Å². The first-order chi connectivity index (χ1) is 8.31. The van der Waals surface area contributed by atoms with E-state index in [1.165, 1.54) is 25.7 Å². The number of carbonyl (C=O) groups excluding carboxylic acids is 1. The Bertz CT molecular complexity index is 166. The van der Waals surface area contributed by atoms with Gasteiger partial charge in [0.15, 0.2) is 0 Å². The third-order valence-corrected chi connectivity index (χ3v) is 3.01. The van der Waals surface area contributed by atoms with E-state index in [9.17, 15) is 4.79 Å². The first-order valence-corrected chi connectivity index (χ1v) is 7.28. The highest BCUT2D eigenvalue weighted by atomic mass is 16.2. The first-order valence-electron chi connectivity index (χ1n) is 7.28. The lowest BCUT2D eigenvalue weighted by Crippen LogP contribution is -1.98. The van der Waals surface area contributed by atoms with Gasteiger partial charge in [0.2, 0.25) is 0 Å². The summed E-state index contributed by atoms with van der Waals surface area (Å²) in [6.45, 7) is 2.47. The predicted molar refractivity (Wildman–Crippen MR) is 72.9 cm³/mol. The number of rotatable bonds is 13. The topological polar surface area (TPSA) is 37.3 Å². The summed E-state index contributed by atoms with van der Waals surface area (Å²) in [6, 6.07) is 0. The van der Waals surface area contributed by atoms with Crippen molar-refractivity contribution in [2.75, 3.05) is 6.61 Å². The van der Waals surface area contributed by atoms with Crippen molar-refractivity contribution in [1.82, 2.24) is 0 Å². The van der Waals surface area contributed by atoms with Gasteiger partial charge in [0.25, 0.3) is 0 Å². The molecular weight excluding hydrogens is 212 g/mol. The summed E-state index contributed by atoms with van der Waals surface area (Å²) < 4.78 is 0. The van der Waals surface area contributed by atoms with Crippen LogP contribution < -0.4 is 0 Å². The Balaban J connectivity index is 3.08. The number of hydrogen-bond acceptors (Lipinski definition) is 2. The molecule has 0 unspecified atom stereocenters. The first kappa shape index (κ1) is 16.6. The normalized spacial score (nSPS) is 10.7. The summed E-state index contributed by atoms with van der Waals surface area (Å²) in [5.41, 5.74) is 0. The number of Topliss-reactive ketones (excluding diaryl/α,β-unsaturated/α-hetero) is 1. The summed E-state index contributed by atoms with van der Waals surface area (Å²) in [5, 5.41) is 8.62. The Kier molecular flexibility index (Phi) is 13.4. The van der Waals surface area contributed by atoms with E-state index in [-0.39, 0.29) is 0 Å². The molecule has 0 aromatic heterocycles. The average molecular weight is 241 g/mol. The van der Waals surface area contributed by atoms with Gasteiger partial charge in [-0.3, -0.25) is 4.79 Å². The van der Waals surface area contributed by atoms with Gasteiger partial charge < -0.3 is 5.11 Å². The van der Waals surface area contributed by atoms with Crippen LogP contribution in [0, 0.1) is 6.42 Å². The van der Waals surface area contributed by atoms with Crippen LogP contribution in [0.25, 0.3) is 0 Å². The molecule has 0 heterocycles. The third-order valence-electron chi connectivity index (χ3n) is 3.01. The minimum absolute atomic E-state index is 0.322. The Hall–Kier alpha value is -0.370. The molecule has 0 rings (SSSR count). The van der Waals surface area contributed by atoms with E-state index in [0.29, 0.717) is 12.4 Å². The van der Waals surface area contributed by atoms with E-state index in [2.05, 4.69) is 6.92 Å². The molecule has 0 fully saturated rings. The largest absolute Gasteiger partial charge is 0.396 e. The summed E-state index contributed by atoms with van der Waals surface area (Å²) in [6.07, 6.45) is 13.8. The minimum Gasteiger partial charge on any atom is -0.396 e. The molecule has 0 aromatic carbocycles. The molecule has 2 heteroatoms. The standard InChI is InChI=1S/C15H29O2/c1-2-3-9-12-15(17)13-10-7-5-4-6-8-11-14-16/h12,16H,2-11,13-14H2,1H3. The SMILES string of the molecule is CCCC[CH]C(=O)CCCCCCCCCO. The van der Waals surface area contributed by atoms with E-state index in [4.69, 9.17) is 5.11 Å². The number of unbranched alkanes of at least 4 members (excludes halogenated alkanes) is 8. The molecule has 17 heavy (non-hydrogen) atoms. The van der Waals surface area contributed by atoms with E-state index in [1.54, 1.807) is 0 Å². The molecule has 0 bridgehead atoms. The summed E-state index contributed by atoms with van der Waals surface area (Å²) in [7, 11) is 0. The van der Waals surface area contributed by atoms with Gasteiger partial charge >= 0.3 is 0 Å². The molecule has 0 amide bonds. The van der Waals surface area contributed by atoms with Crippen molar-refractivity contribution >= 4 is 5.78 Å². The Morgan fingerprint density at radius 3 is 2.12 bits per heavy atom. The summed E-state index contributed by atoms with van der Waals surface area (Å²) in [5.74, 6) is 0.332. The van der Waals surface area contributed by atoms with Gasteiger partial charge in [-0.2, -0.15) is 0 Å². The lowest BCUT2D eigenvalue weighted by molar-refractivity contribution is -0.116. The van der Waals surface area contributed by atoms with Crippen LogP contribution in [0.15, 0.2) is 0 Å². The number of aliphatic hydroxyl groups is 1. The Morgan fingerprint density at radius 2 is 1.53 bits per heavy atom. The van der Waals surface area contributed by atoms with Gasteiger partial charge in [-0.25, -0.2) is 0 Å². The van der Waals surface area contributed by atoms with Crippen LogP contribution in [0.4, 0.5) is 0 Å². The minimum atomic E-state index is 0.322. The highest BCUT2D eigenvalue weighted by Crippen LogP contribution is 2.10. The van der Waals surface area contributed by atoms with Gasteiger partial charge in [-0.1, -0.05) is 51.9 Å². The second-order valence-electron chi connectivity index (χ2n) is 4.76. The fourth-order valence-electron chi connectivity index (χ4n) is 1.86. The Morgan fingerprint density at radius 1 is 0.941 bits per heavy atom. The quantitative estimate of drug-likeness (QED) is 0.494. The highest BCUT2D eigenvalue weighted by molar-refractivity contribution is 5.86. The number of carbonyl (C=O) groups is 1. The molecule has 0 spiro atoms. The maximum absolute atomic E-state index is 11.4. The van der Waals surface area contributed by atoms with Crippen molar-refractivity contribution in [3.8, 4) is 0 Å². The fourth-order valence-corrected chi connectivity index (χ4v) is 1.86. The smallest absolute Gasteiger partial charge is 0.136 e. The van der Waals surface area contributed by atoms with Crippen LogP contribution >= 0.6 is 0 Å². The Labute approximate surface area is 107 Å². The monoisotopic (exact) mass is 241 g/mol. The summed E-state index contributed by atoms with van der Waals surface area (Å²) in [4.78, 5) is 11.4. The van der Waals surface area contributed by atoms with Gasteiger partial charge in [-0.15, -0.1) is 0 Å². The van der Waals surface area contributed by atoms with Crippen molar-refractivity contribution in [1.29, 1.82) is 0 Å². The van der Waals surface area contributed by atoms with Crippen LogP contribution in [0.5, 0.6) is 0 Å². The molecule has 0 aromatic rings. The zero-order valence-corrected chi connectivity index (χ0v) is 11.4. The molecule has 0 aliphatic heterocycles. The molecular formula is C15H29O2. The van der Waals surface area contributed by atoms with Crippen molar-refractivity contribution in [3.05, 3.63) is 6.42 Å². The fraction of sp³-hybridized carbons (Fsp3) is 0.867. The van der Waals surface area contributed by atoms with Gasteiger partial charge in [0, 0.05) is 19.4 Å². The van der Waals surface area contributed by atoms with Crippen molar-refractivity contribution in [3.63, 3.8) is 0 Å². The second kappa shape index (κ2) is 13.7. The van der Waals surface area contributed by atoms with Gasteiger partial charge in [-0.05, 0) is 19.3 Å². The van der Waals surface area contributed by atoms with Crippen molar-refractivity contribution in [2.45, 2.75) is 77.6 Å². The molecule has 0 aliphatic carbocycles. The molecule has 101 valence electrons. The second-order valence-corrected chi connectivity index (χ2v) is 4.76. The summed E-state index contributed by atoms with van der Waals surface area (Å²) >= 11 is 0. The van der Waals surface area contributed by atoms with E-state index < -0.39 is 0 Å². The van der Waals surface area contributed by atoms with Crippen LogP contribution in [-0.2, 0) is 4.79 Å². The lowest BCUT2D eigenvalue weighted by atomic mass is 10.0. The zero-order chi connectivity index (χ0) is 12.8. The van der Waals surface area contributed by atoms with E-state index in [0.717, 1.165) is 44.9 Å². The predicted octanol–water partition coefficient (Wildman–Crippen LogP) is 4.06. The third kappa shape index (κ3) is 13.6. The lowest BCUT2D eigenvalue weighted by Gasteiger charge is -2.01. The molecule has 0 saturated carbocycles. The number of ketones is 1.